The Bertz CT molecular complexity index is 356. The summed E-state index contributed by atoms with van der Waals surface area (Å²) in [5.41, 5.74) is 1.31. The lowest BCUT2D eigenvalue weighted by atomic mass is 10.0. The normalized spacial score (nSPS) is 18.9. The quantitative estimate of drug-likeness (QED) is 0.732. The summed E-state index contributed by atoms with van der Waals surface area (Å²) < 4.78 is 11.8. The van der Waals surface area contributed by atoms with E-state index >= 15 is 0 Å². The third-order valence-corrected chi connectivity index (χ3v) is 3.42. The van der Waals surface area contributed by atoms with Crippen molar-refractivity contribution < 1.29 is 9.47 Å². The topological polar surface area (TPSA) is 30.5 Å². The standard InChI is InChI=1S/C16H25NO2/c1-3-9-17-14(12-18-10-4-2)16-11-13-7-5-6-8-15(13)19-16/h5-8,14,16-17H,3-4,9-12H2,1-2H3. The van der Waals surface area contributed by atoms with Gasteiger partial charge in [0.2, 0.25) is 0 Å². The van der Waals surface area contributed by atoms with Crippen LogP contribution in [0.5, 0.6) is 5.75 Å². The zero-order valence-electron chi connectivity index (χ0n) is 12.0. The van der Waals surface area contributed by atoms with Gasteiger partial charge < -0.3 is 14.8 Å². The number of nitrogens with one attached hydrogen (secondary N) is 1. The van der Waals surface area contributed by atoms with Gasteiger partial charge in [0, 0.05) is 13.0 Å². The molecule has 0 aliphatic carbocycles. The summed E-state index contributed by atoms with van der Waals surface area (Å²) in [5.74, 6) is 1.03. The highest BCUT2D eigenvalue weighted by Gasteiger charge is 2.29. The molecule has 0 saturated carbocycles. The van der Waals surface area contributed by atoms with Gasteiger partial charge in [0.05, 0.1) is 12.6 Å². The molecule has 106 valence electrons. The molecule has 0 spiro atoms. The molecule has 1 aliphatic heterocycles. The molecule has 1 N–H and O–H groups in total. The van der Waals surface area contributed by atoms with Crippen LogP contribution in [0.2, 0.25) is 0 Å². The van der Waals surface area contributed by atoms with Gasteiger partial charge in [-0.1, -0.05) is 32.0 Å². The summed E-state index contributed by atoms with van der Waals surface area (Å²) in [6.45, 7) is 6.88. The highest BCUT2D eigenvalue weighted by molar-refractivity contribution is 5.37. The first kappa shape index (κ1) is 14.4. The van der Waals surface area contributed by atoms with Crippen LogP contribution in [0.4, 0.5) is 0 Å². The molecule has 0 saturated heterocycles. The Hall–Kier alpha value is -1.06. The highest BCUT2D eigenvalue weighted by Crippen LogP contribution is 2.29. The maximum Gasteiger partial charge on any atom is 0.123 e. The third-order valence-electron chi connectivity index (χ3n) is 3.42. The summed E-state index contributed by atoms with van der Waals surface area (Å²) in [7, 11) is 0. The van der Waals surface area contributed by atoms with Gasteiger partial charge >= 0.3 is 0 Å². The Labute approximate surface area is 116 Å². The first-order valence-electron chi connectivity index (χ1n) is 7.40. The van der Waals surface area contributed by atoms with Gasteiger partial charge in [0.25, 0.3) is 0 Å². The Morgan fingerprint density at radius 2 is 2.16 bits per heavy atom. The lowest BCUT2D eigenvalue weighted by Crippen LogP contribution is -2.46. The molecule has 0 amide bonds. The van der Waals surface area contributed by atoms with Gasteiger partial charge in [-0.05, 0) is 31.0 Å². The fraction of sp³-hybridized carbons (Fsp3) is 0.625. The van der Waals surface area contributed by atoms with E-state index in [4.69, 9.17) is 9.47 Å². The number of rotatable bonds is 8. The van der Waals surface area contributed by atoms with E-state index in [1.165, 1.54) is 5.56 Å². The molecule has 2 unspecified atom stereocenters. The summed E-state index contributed by atoms with van der Waals surface area (Å²) in [5, 5.41) is 3.56. The number of hydrogen-bond acceptors (Lipinski definition) is 3. The molecule has 0 bridgehead atoms. The molecule has 0 aromatic heterocycles. The van der Waals surface area contributed by atoms with E-state index in [1.54, 1.807) is 0 Å². The van der Waals surface area contributed by atoms with E-state index in [2.05, 4.69) is 37.4 Å². The van der Waals surface area contributed by atoms with E-state index in [-0.39, 0.29) is 12.1 Å². The second-order valence-electron chi connectivity index (χ2n) is 5.10. The smallest absolute Gasteiger partial charge is 0.123 e. The molecule has 2 rings (SSSR count). The molecule has 1 heterocycles. The zero-order chi connectivity index (χ0) is 13.5. The monoisotopic (exact) mass is 263 g/mol. The molecule has 1 aromatic carbocycles. The van der Waals surface area contributed by atoms with Crippen LogP contribution < -0.4 is 10.1 Å². The number of hydrogen-bond donors (Lipinski definition) is 1. The summed E-state index contributed by atoms with van der Waals surface area (Å²) in [6, 6.07) is 8.59. The fourth-order valence-corrected chi connectivity index (χ4v) is 2.42. The van der Waals surface area contributed by atoms with Gasteiger partial charge in [-0.2, -0.15) is 0 Å². The predicted octanol–water partition coefficient (Wildman–Crippen LogP) is 2.78. The summed E-state index contributed by atoms with van der Waals surface area (Å²) in [6.07, 6.45) is 3.37. The van der Waals surface area contributed by atoms with Gasteiger partial charge in [-0.3, -0.25) is 0 Å². The molecular weight excluding hydrogens is 238 g/mol. The molecular formula is C16H25NO2. The van der Waals surface area contributed by atoms with Crippen molar-refractivity contribution in [2.75, 3.05) is 19.8 Å². The molecule has 3 nitrogen and oxygen atoms in total. The van der Waals surface area contributed by atoms with Crippen molar-refractivity contribution in [3.63, 3.8) is 0 Å². The summed E-state index contributed by atoms with van der Waals surface area (Å²) >= 11 is 0. The van der Waals surface area contributed by atoms with Crippen molar-refractivity contribution in [3.8, 4) is 5.75 Å². The van der Waals surface area contributed by atoms with Crippen LogP contribution >= 0.6 is 0 Å². The molecule has 0 fully saturated rings. The minimum Gasteiger partial charge on any atom is -0.488 e. The number of para-hydroxylation sites is 1. The van der Waals surface area contributed by atoms with Crippen LogP contribution in [-0.4, -0.2) is 31.9 Å². The average molecular weight is 263 g/mol. The van der Waals surface area contributed by atoms with Crippen molar-refractivity contribution in [2.24, 2.45) is 0 Å². The number of benzene rings is 1. The third kappa shape index (κ3) is 3.95. The van der Waals surface area contributed by atoms with E-state index in [1.807, 2.05) is 6.07 Å². The van der Waals surface area contributed by atoms with Gasteiger partial charge in [0.15, 0.2) is 0 Å². The van der Waals surface area contributed by atoms with E-state index < -0.39 is 0 Å². The van der Waals surface area contributed by atoms with Crippen molar-refractivity contribution in [3.05, 3.63) is 29.8 Å². The number of fused-ring (bicyclic) bond motifs is 1. The molecule has 0 radical (unpaired) electrons. The first-order valence-corrected chi connectivity index (χ1v) is 7.40. The fourth-order valence-electron chi connectivity index (χ4n) is 2.42. The lowest BCUT2D eigenvalue weighted by molar-refractivity contribution is 0.0677. The van der Waals surface area contributed by atoms with Gasteiger partial charge in [-0.25, -0.2) is 0 Å². The lowest BCUT2D eigenvalue weighted by Gasteiger charge is -2.24. The van der Waals surface area contributed by atoms with Crippen LogP contribution in [0.3, 0.4) is 0 Å². The molecule has 1 aliphatic rings. The number of ether oxygens (including phenoxy) is 2. The Kier molecular flexibility index (Phi) is 5.67. The second kappa shape index (κ2) is 7.51. The molecule has 3 heteroatoms. The van der Waals surface area contributed by atoms with E-state index in [0.29, 0.717) is 0 Å². The van der Waals surface area contributed by atoms with Crippen LogP contribution in [-0.2, 0) is 11.2 Å². The molecule has 19 heavy (non-hydrogen) atoms. The Morgan fingerprint density at radius 1 is 1.32 bits per heavy atom. The Balaban J connectivity index is 1.92. The van der Waals surface area contributed by atoms with Crippen LogP contribution in [0.1, 0.15) is 32.3 Å². The van der Waals surface area contributed by atoms with Crippen LogP contribution in [0.25, 0.3) is 0 Å². The average Bonchev–Trinajstić information content (AvgIpc) is 2.86. The first-order chi connectivity index (χ1) is 9.35. The van der Waals surface area contributed by atoms with E-state index in [0.717, 1.165) is 44.8 Å². The van der Waals surface area contributed by atoms with Gasteiger partial charge in [0.1, 0.15) is 11.9 Å². The van der Waals surface area contributed by atoms with E-state index in [9.17, 15) is 0 Å². The Morgan fingerprint density at radius 3 is 2.89 bits per heavy atom. The molecule has 1 aromatic rings. The van der Waals surface area contributed by atoms with Crippen molar-refractivity contribution >= 4 is 0 Å². The maximum atomic E-state index is 6.05. The second-order valence-corrected chi connectivity index (χ2v) is 5.10. The minimum absolute atomic E-state index is 0.195. The van der Waals surface area contributed by atoms with Crippen LogP contribution in [0, 0.1) is 0 Å². The van der Waals surface area contributed by atoms with Crippen molar-refractivity contribution in [2.45, 2.75) is 45.3 Å². The van der Waals surface area contributed by atoms with Crippen LogP contribution in [0.15, 0.2) is 24.3 Å². The molecule has 2 atom stereocenters. The SMILES string of the molecule is CCCNC(COCCC)C1Cc2ccccc2O1. The largest absolute Gasteiger partial charge is 0.488 e. The minimum atomic E-state index is 0.195. The van der Waals surface area contributed by atoms with Gasteiger partial charge in [-0.15, -0.1) is 0 Å². The van der Waals surface area contributed by atoms with Crippen molar-refractivity contribution in [1.29, 1.82) is 0 Å². The highest BCUT2D eigenvalue weighted by atomic mass is 16.5. The maximum absolute atomic E-state index is 6.05. The predicted molar refractivity (Wildman–Crippen MR) is 77.8 cm³/mol. The van der Waals surface area contributed by atoms with Crippen molar-refractivity contribution in [1.82, 2.24) is 5.32 Å². The zero-order valence-corrected chi connectivity index (χ0v) is 12.0. The summed E-state index contributed by atoms with van der Waals surface area (Å²) in [4.78, 5) is 0.